The van der Waals surface area contributed by atoms with Gasteiger partial charge >= 0.3 is 0 Å². The van der Waals surface area contributed by atoms with Gasteiger partial charge in [0, 0.05) is 81.8 Å². The summed E-state index contributed by atoms with van der Waals surface area (Å²) in [5.74, 6) is 5.00. The van der Waals surface area contributed by atoms with Crippen molar-refractivity contribution in [3.05, 3.63) is 369 Å². The van der Waals surface area contributed by atoms with Crippen LogP contribution in [0.5, 0.6) is 0 Å². The number of halogens is 1. The third kappa shape index (κ3) is 12.6. The van der Waals surface area contributed by atoms with Gasteiger partial charge in [-0.3, -0.25) is 13.7 Å². The van der Waals surface area contributed by atoms with Crippen LogP contribution in [0.2, 0.25) is 0 Å². The maximum Gasteiger partial charge on any atom is 0.238 e. The number of benzene rings is 14. The van der Waals surface area contributed by atoms with Crippen molar-refractivity contribution in [2.24, 2.45) is 0 Å². The third-order valence-corrected chi connectivity index (χ3v) is 19.3. The van der Waals surface area contributed by atoms with Gasteiger partial charge in [0.2, 0.25) is 5.95 Å². The van der Waals surface area contributed by atoms with E-state index in [1.807, 2.05) is 121 Å². The molecular weight excluding hydrogens is 1350 g/mol. The molecule has 0 saturated heterocycles. The maximum atomic E-state index is 5.25. The molecule has 0 aliphatic heterocycles. The van der Waals surface area contributed by atoms with Crippen molar-refractivity contribution in [1.29, 1.82) is 0 Å². The molecular formula is C92H61BrN12. The molecule has 13 heteroatoms. The fourth-order valence-corrected chi connectivity index (χ4v) is 14.3. The first kappa shape index (κ1) is 63.3. The number of fused-ring (bicyclic) bond motifs is 8. The predicted octanol–water partition coefficient (Wildman–Crippen LogP) is 22.9. The molecule has 0 fully saturated rings. The van der Waals surface area contributed by atoms with Crippen LogP contribution in [0.15, 0.2) is 369 Å². The number of H-pyrrole nitrogens is 1. The highest BCUT2D eigenvalue weighted by molar-refractivity contribution is 9.10. The van der Waals surface area contributed by atoms with E-state index in [2.05, 4.69) is 276 Å². The standard InChI is InChI=1S/C46H30N6.C25H17N3.C21H14BrN3/c1-5-15-31(16-6-1)34-25-35(32-17-7-2-8-18-32)27-36(26-34)44-47-30-48-46(50-44)52-41-24-14-13-23-38(41)39-28-43-40(29-42(39)52)49-45(33-19-9-3-10-20-33)51(43)37-21-11-4-12-22-37;1-3-9-17(10-4-1)25-27-23-16-22-20(19-13-7-8-14-21(19)26-22)15-24(23)28(25)18-11-5-2-6-12-18;22-18-13-7-12-17(14-18)21-24-19(15-8-3-1-4-9-15)23-20(25-21)16-10-5-2-6-11-16/h1-30H;1-16,26H;1-14H. The Hall–Kier alpha value is -13.9. The van der Waals surface area contributed by atoms with E-state index in [1.165, 1.54) is 10.8 Å². The van der Waals surface area contributed by atoms with Crippen LogP contribution in [-0.2, 0) is 0 Å². The summed E-state index contributed by atoms with van der Waals surface area (Å²) in [4.78, 5) is 42.6. The molecule has 14 aromatic carbocycles. The Balaban J connectivity index is 0.000000124. The Labute approximate surface area is 612 Å². The lowest BCUT2D eigenvalue weighted by Gasteiger charge is -2.11. The molecule has 20 rings (SSSR count). The second kappa shape index (κ2) is 27.9. The average Bonchev–Trinajstić information content (AvgIpc) is 1.57. The van der Waals surface area contributed by atoms with Gasteiger partial charge in [0.15, 0.2) is 23.3 Å². The van der Waals surface area contributed by atoms with E-state index in [4.69, 9.17) is 34.9 Å². The van der Waals surface area contributed by atoms with Crippen LogP contribution in [0, 0.1) is 0 Å². The monoisotopic (exact) mass is 1410 g/mol. The summed E-state index contributed by atoms with van der Waals surface area (Å²) < 4.78 is 7.64. The van der Waals surface area contributed by atoms with Gasteiger partial charge in [-0.1, -0.05) is 283 Å². The zero-order valence-corrected chi connectivity index (χ0v) is 58.0. The van der Waals surface area contributed by atoms with Crippen LogP contribution in [0.3, 0.4) is 0 Å². The number of nitrogens with zero attached hydrogens (tertiary/aromatic N) is 11. The molecule has 20 aromatic rings. The van der Waals surface area contributed by atoms with Crippen molar-refractivity contribution >= 4 is 81.6 Å². The van der Waals surface area contributed by atoms with E-state index < -0.39 is 0 Å². The number of aromatic amines is 1. The van der Waals surface area contributed by atoms with Gasteiger partial charge in [-0.05, 0) is 113 Å². The highest BCUT2D eigenvalue weighted by Crippen LogP contribution is 2.40. The second-order valence-electron chi connectivity index (χ2n) is 25.4. The van der Waals surface area contributed by atoms with Gasteiger partial charge in [-0.25, -0.2) is 34.9 Å². The van der Waals surface area contributed by atoms with E-state index in [0.29, 0.717) is 29.2 Å². The molecule has 0 bridgehead atoms. The van der Waals surface area contributed by atoms with Crippen molar-refractivity contribution < 1.29 is 0 Å². The molecule has 6 heterocycles. The fourth-order valence-electron chi connectivity index (χ4n) is 13.9. The van der Waals surface area contributed by atoms with Crippen LogP contribution >= 0.6 is 15.9 Å². The number of hydrogen-bond acceptors (Lipinski definition) is 8. The zero-order valence-electron chi connectivity index (χ0n) is 56.4. The van der Waals surface area contributed by atoms with Gasteiger partial charge in [0.1, 0.15) is 18.0 Å². The molecule has 0 aliphatic rings. The minimum Gasteiger partial charge on any atom is -0.354 e. The van der Waals surface area contributed by atoms with Gasteiger partial charge in [-0.2, -0.15) is 4.98 Å². The summed E-state index contributed by atoms with van der Waals surface area (Å²) in [5, 5.41) is 4.67. The number of hydrogen-bond donors (Lipinski definition) is 1. The smallest absolute Gasteiger partial charge is 0.238 e. The molecule has 105 heavy (non-hydrogen) atoms. The van der Waals surface area contributed by atoms with E-state index in [9.17, 15) is 0 Å². The zero-order chi connectivity index (χ0) is 70.0. The largest absolute Gasteiger partial charge is 0.354 e. The van der Waals surface area contributed by atoms with Crippen molar-refractivity contribution in [3.63, 3.8) is 0 Å². The first-order valence-electron chi connectivity index (χ1n) is 34.7. The predicted molar refractivity (Wildman–Crippen MR) is 430 cm³/mol. The van der Waals surface area contributed by atoms with Crippen LogP contribution in [0.1, 0.15) is 0 Å². The lowest BCUT2D eigenvalue weighted by Crippen LogP contribution is -2.03. The second-order valence-corrected chi connectivity index (χ2v) is 26.3. The third-order valence-electron chi connectivity index (χ3n) is 18.8. The minimum absolute atomic E-state index is 0.549. The first-order valence-corrected chi connectivity index (χ1v) is 35.4. The van der Waals surface area contributed by atoms with E-state index in [0.717, 1.165) is 138 Å². The number of para-hydroxylation sites is 4. The molecule has 1 N–H and O–H groups in total. The summed E-state index contributed by atoms with van der Waals surface area (Å²) in [5.41, 5.74) is 20.9. The Morgan fingerprint density at radius 1 is 0.238 bits per heavy atom. The van der Waals surface area contributed by atoms with Gasteiger partial charge in [-0.15, -0.1) is 0 Å². The molecule has 12 nitrogen and oxygen atoms in total. The molecule has 0 unspecified atom stereocenters. The van der Waals surface area contributed by atoms with E-state index >= 15 is 0 Å². The summed E-state index contributed by atoms with van der Waals surface area (Å²) in [6.07, 6.45) is 1.62. The lowest BCUT2D eigenvalue weighted by atomic mass is 9.96. The molecule has 496 valence electrons. The molecule has 0 radical (unpaired) electrons. The molecule has 0 spiro atoms. The highest BCUT2D eigenvalue weighted by atomic mass is 79.9. The molecule has 0 amide bonds. The Morgan fingerprint density at radius 3 is 1.20 bits per heavy atom. The average molecular weight is 1410 g/mol. The van der Waals surface area contributed by atoms with E-state index in [1.54, 1.807) is 6.33 Å². The summed E-state index contributed by atoms with van der Waals surface area (Å²) >= 11 is 3.52. The van der Waals surface area contributed by atoms with Crippen LogP contribution < -0.4 is 0 Å². The number of nitrogens with one attached hydrogen (secondary N) is 1. The summed E-state index contributed by atoms with van der Waals surface area (Å²) in [6.45, 7) is 0. The van der Waals surface area contributed by atoms with Crippen molar-refractivity contribution in [3.8, 4) is 108 Å². The highest BCUT2D eigenvalue weighted by Gasteiger charge is 2.23. The molecule has 0 atom stereocenters. The number of rotatable bonds is 11. The topological polar surface area (TPSA) is 134 Å². The fraction of sp³-hybridized carbons (Fsp3) is 0. The summed E-state index contributed by atoms with van der Waals surface area (Å²) in [6, 6.07) is 123. The summed E-state index contributed by atoms with van der Waals surface area (Å²) in [7, 11) is 0. The molecule has 0 aliphatic carbocycles. The van der Waals surface area contributed by atoms with Gasteiger partial charge in [0.25, 0.3) is 0 Å². The lowest BCUT2D eigenvalue weighted by molar-refractivity contribution is 0.947. The van der Waals surface area contributed by atoms with Crippen molar-refractivity contribution in [2.45, 2.75) is 0 Å². The first-order chi connectivity index (χ1) is 52.0. The van der Waals surface area contributed by atoms with Crippen LogP contribution in [-0.4, -0.2) is 58.6 Å². The number of imidazole rings is 2. The molecule has 0 saturated carbocycles. The normalized spacial score (nSPS) is 11.3. The Morgan fingerprint density at radius 2 is 0.667 bits per heavy atom. The molecule has 6 aromatic heterocycles. The van der Waals surface area contributed by atoms with E-state index in [-0.39, 0.29) is 0 Å². The van der Waals surface area contributed by atoms with Crippen molar-refractivity contribution in [2.75, 3.05) is 0 Å². The minimum atomic E-state index is 0.549. The quantitative estimate of drug-likeness (QED) is 0.135. The van der Waals surface area contributed by atoms with Crippen LogP contribution in [0.25, 0.3) is 174 Å². The maximum absolute atomic E-state index is 5.25. The number of aromatic nitrogens is 12. The Kier molecular flexibility index (Phi) is 16.8. The van der Waals surface area contributed by atoms with Gasteiger partial charge in [0.05, 0.1) is 33.1 Å². The Bertz CT molecular complexity index is 6390. The van der Waals surface area contributed by atoms with Crippen molar-refractivity contribution in [1.82, 2.24) is 58.6 Å². The van der Waals surface area contributed by atoms with Crippen LogP contribution in [0.4, 0.5) is 0 Å². The van der Waals surface area contributed by atoms with Gasteiger partial charge < -0.3 is 4.98 Å². The SMILES string of the molecule is Brc1cccc(-c2nc(-c3ccccc3)nc(-c3ccccc3)n2)c1.c1ccc(-c2cc(-c3ccccc3)cc(-c3ncnc(-n4c5ccccc5c5cc6c(cc54)nc(-c4ccccc4)n6-c4ccccc4)n3)c2)cc1.c1ccc(-c2nc3cc4[nH]c5ccccc5c4cc3n2-c2ccccc2)cc1.